The summed E-state index contributed by atoms with van der Waals surface area (Å²) in [5, 5.41) is 9.20. The fourth-order valence-electron chi connectivity index (χ4n) is 2.55. The van der Waals surface area contributed by atoms with E-state index in [0.717, 1.165) is 18.7 Å². The Balaban J connectivity index is 2.00. The lowest BCUT2D eigenvalue weighted by Gasteiger charge is -2.23. The maximum Gasteiger partial charge on any atom is 0.208 e. The summed E-state index contributed by atoms with van der Waals surface area (Å²) >= 11 is 0. The fraction of sp³-hybridized carbons (Fsp3) is 0.467. The summed E-state index contributed by atoms with van der Waals surface area (Å²) in [6.45, 7) is 2.63. The Bertz CT molecular complexity index is 430. The Morgan fingerprint density at radius 1 is 1.22 bits per heavy atom. The molecule has 1 aliphatic rings. The van der Waals surface area contributed by atoms with Crippen molar-refractivity contribution in [3.8, 4) is 6.07 Å². The van der Waals surface area contributed by atoms with E-state index >= 15 is 0 Å². The highest BCUT2D eigenvalue weighted by atomic mass is 16.1. The average Bonchev–Trinajstić information content (AvgIpc) is 2.42. The van der Waals surface area contributed by atoms with E-state index in [-0.39, 0.29) is 5.78 Å². The number of nitrogens with one attached hydrogen (secondary N) is 1. The van der Waals surface area contributed by atoms with Gasteiger partial charge in [-0.25, -0.2) is 0 Å². The zero-order chi connectivity index (χ0) is 12.8. The third-order valence-corrected chi connectivity index (χ3v) is 3.57. The number of Topliss-reactive ketones (excluding diaryl/α,β-unsaturated/α-hetero) is 1. The Hall–Kier alpha value is -1.66. The number of likely N-dealkylation sites (tertiary alicyclic amines) is 1. The molecule has 0 bridgehead atoms. The van der Waals surface area contributed by atoms with Gasteiger partial charge < -0.3 is 4.90 Å². The van der Waals surface area contributed by atoms with Crippen molar-refractivity contribution in [1.82, 2.24) is 0 Å². The number of nitrogens with zero attached hydrogens (tertiary/aromatic N) is 1. The lowest BCUT2D eigenvalue weighted by Crippen LogP contribution is -3.13. The minimum atomic E-state index is -0.597. The SMILES string of the molecule is N#C[C@@H](C(=O)C[NH+]1CCCCC1)c1ccccc1. The monoisotopic (exact) mass is 243 g/mol. The Labute approximate surface area is 108 Å². The van der Waals surface area contributed by atoms with Crippen LogP contribution >= 0.6 is 0 Å². The number of rotatable bonds is 4. The summed E-state index contributed by atoms with van der Waals surface area (Å²) in [6.07, 6.45) is 3.67. The van der Waals surface area contributed by atoms with Gasteiger partial charge in [0, 0.05) is 0 Å². The van der Waals surface area contributed by atoms with E-state index in [4.69, 9.17) is 0 Å². The maximum atomic E-state index is 12.2. The molecule has 2 rings (SSSR count). The molecule has 1 fully saturated rings. The highest BCUT2D eigenvalue weighted by Crippen LogP contribution is 2.14. The first-order valence-electron chi connectivity index (χ1n) is 6.62. The molecule has 1 aromatic rings. The lowest BCUT2D eigenvalue weighted by atomic mass is 9.95. The van der Waals surface area contributed by atoms with Crippen molar-refractivity contribution in [2.24, 2.45) is 0 Å². The van der Waals surface area contributed by atoms with Crippen LogP contribution in [-0.4, -0.2) is 25.4 Å². The minimum absolute atomic E-state index is 0.0561. The van der Waals surface area contributed by atoms with Crippen LogP contribution in [-0.2, 0) is 4.79 Å². The fourth-order valence-corrected chi connectivity index (χ4v) is 2.55. The number of piperidine rings is 1. The molecule has 0 spiro atoms. The van der Waals surface area contributed by atoms with Crippen LogP contribution in [0, 0.1) is 11.3 Å². The van der Waals surface area contributed by atoms with E-state index in [2.05, 4.69) is 6.07 Å². The van der Waals surface area contributed by atoms with E-state index in [1.54, 1.807) is 0 Å². The molecule has 1 aliphatic heterocycles. The average molecular weight is 243 g/mol. The van der Waals surface area contributed by atoms with Gasteiger partial charge in [0.15, 0.2) is 0 Å². The highest BCUT2D eigenvalue weighted by molar-refractivity contribution is 5.89. The lowest BCUT2D eigenvalue weighted by molar-refractivity contribution is -0.896. The molecule has 0 unspecified atom stereocenters. The second-order valence-electron chi connectivity index (χ2n) is 4.93. The zero-order valence-electron chi connectivity index (χ0n) is 10.6. The van der Waals surface area contributed by atoms with Crippen LogP contribution in [0.25, 0.3) is 0 Å². The number of quaternary nitrogens is 1. The summed E-state index contributed by atoms with van der Waals surface area (Å²) in [7, 11) is 0. The first kappa shape index (κ1) is 12.8. The predicted octanol–water partition coefficient (Wildman–Crippen LogP) is 0.932. The van der Waals surface area contributed by atoms with Crippen LogP contribution in [0.15, 0.2) is 30.3 Å². The van der Waals surface area contributed by atoms with E-state index in [0.29, 0.717) is 6.54 Å². The molecule has 0 aliphatic carbocycles. The van der Waals surface area contributed by atoms with Gasteiger partial charge in [-0.3, -0.25) is 4.79 Å². The molecule has 1 saturated heterocycles. The number of nitriles is 1. The topological polar surface area (TPSA) is 45.3 Å². The zero-order valence-corrected chi connectivity index (χ0v) is 10.6. The van der Waals surface area contributed by atoms with Crippen LogP contribution in [0.2, 0.25) is 0 Å². The molecule has 1 atom stereocenters. The Morgan fingerprint density at radius 2 is 1.89 bits per heavy atom. The second-order valence-corrected chi connectivity index (χ2v) is 4.93. The van der Waals surface area contributed by atoms with Gasteiger partial charge in [-0.15, -0.1) is 0 Å². The standard InChI is InChI=1S/C15H18N2O/c16-11-14(13-7-3-1-4-8-13)15(18)12-17-9-5-2-6-10-17/h1,3-4,7-8,14H,2,5-6,9-10,12H2/p+1/t14-/m1/s1. The summed E-state index contributed by atoms with van der Waals surface area (Å²) in [4.78, 5) is 13.5. The smallest absolute Gasteiger partial charge is 0.208 e. The first-order valence-corrected chi connectivity index (χ1v) is 6.62. The summed E-state index contributed by atoms with van der Waals surface area (Å²) in [5.74, 6) is -0.541. The molecule has 0 amide bonds. The van der Waals surface area contributed by atoms with Gasteiger partial charge in [-0.1, -0.05) is 30.3 Å². The molecule has 0 radical (unpaired) electrons. The normalized spacial score (nSPS) is 17.9. The number of benzene rings is 1. The molecular weight excluding hydrogens is 224 g/mol. The molecule has 94 valence electrons. The number of carbonyl (C=O) groups is 1. The van der Waals surface area contributed by atoms with E-state index in [1.165, 1.54) is 24.2 Å². The van der Waals surface area contributed by atoms with Crippen LogP contribution in [0.4, 0.5) is 0 Å². The first-order chi connectivity index (χ1) is 8.81. The van der Waals surface area contributed by atoms with Gasteiger partial charge in [-0.2, -0.15) is 5.26 Å². The predicted molar refractivity (Wildman–Crippen MR) is 69.2 cm³/mol. The summed E-state index contributed by atoms with van der Waals surface area (Å²) in [5.41, 5.74) is 0.821. The van der Waals surface area contributed by atoms with Gasteiger partial charge >= 0.3 is 0 Å². The van der Waals surface area contributed by atoms with Crippen molar-refractivity contribution in [3.05, 3.63) is 35.9 Å². The van der Waals surface area contributed by atoms with Gasteiger partial charge in [0.05, 0.1) is 19.2 Å². The van der Waals surface area contributed by atoms with Crippen molar-refractivity contribution >= 4 is 5.78 Å². The summed E-state index contributed by atoms with van der Waals surface area (Å²) in [6, 6.07) is 11.5. The molecule has 3 heteroatoms. The number of ketones is 1. The molecule has 1 aromatic carbocycles. The molecule has 18 heavy (non-hydrogen) atoms. The van der Waals surface area contributed by atoms with Crippen molar-refractivity contribution in [2.45, 2.75) is 25.2 Å². The van der Waals surface area contributed by atoms with Gasteiger partial charge in [0.1, 0.15) is 12.5 Å². The molecule has 0 aromatic heterocycles. The van der Waals surface area contributed by atoms with Crippen molar-refractivity contribution < 1.29 is 9.69 Å². The third kappa shape index (κ3) is 3.18. The van der Waals surface area contributed by atoms with E-state index < -0.39 is 5.92 Å². The van der Waals surface area contributed by atoms with Crippen LogP contribution in [0.5, 0.6) is 0 Å². The Morgan fingerprint density at radius 3 is 2.50 bits per heavy atom. The minimum Gasteiger partial charge on any atom is -0.329 e. The van der Waals surface area contributed by atoms with Crippen molar-refractivity contribution in [2.75, 3.05) is 19.6 Å². The van der Waals surface area contributed by atoms with E-state index in [9.17, 15) is 10.1 Å². The molecular formula is C15H19N2O+. The molecule has 1 heterocycles. The largest absolute Gasteiger partial charge is 0.329 e. The second kappa shape index (κ2) is 6.32. The van der Waals surface area contributed by atoms with Gasteiger partial charge in [-0.05, 0) is 24.8 Å². The molecule has 1 N–H and O–H groups in total. The third-order valence-electron chi connectivity index (χ3n) is 3.57. The maximum absolute atomic E-state index is 12.2. The number of carbonyl (C=O) groups excluding carboxylic acids is 1. The number of hydrogen-bond donors (Lipinski definition) is 1. The Kier molecular flexibility index (Phi) is 4.49. The van der Waals surface area contributed by atoms with Crippen molar-refractivity contribution in [1.29, 1.82) is 5.26 Å². The molecule has 3 nitrogen and oxygen atoms in total. The molecule has 0 saturated carbocycles. The van der Waals surface area contributed by atoms with Crippen LogP contribution in [0.1, 0.15) is 30.7 Å². The van der Waals surface area contributed by atoms with E-state index in [1.807, 2.05) is 30.3 Å². The van der Waals surface area contributed by atoms with Gasteiger partial charge in [0.2, 0.25) is 5.78 Å². The van der Waals surface area contributed by atoms with Crippen molar-refractivity contribution in [3.63, 3.8) is 0 Å². The van der Waals surface area contributed by atoms with Crippen LogP contribution in [0.3, 0.4) is 0 Å². The highest BCUT2D eigenvalue weighted by Gasteiger charge is 2.25. The number of hydrogen-bond acceptors (Lipinski definition) is 2. The quantitative estimate of drug-likeness (QED) is 0.855. The van der Waals surface area contributed by atoms with Gasteiger partial charge in [0.25, 0.3) is 0 Å². The summed E-state index contributed by atoms with van der Waals surface area (Å²) < 4.78 is 0. The van der Waals surface area contributed by atoms with Crippen LogP contribution < -0.4 is 4.90 Å².